The number of carbonyl (C=O) groups is 1. The van der Waals surface area contributed by atoms with Crippen LogP contribution in [0.2, 0.25) is 0 Å². The highest BCUT2D eigenvalue weighted by Gasteiger charge is 2.17. The van der Waals surface area contributed by atoms with Crippen LogP contribution in [0.3, 0.4) is 0 Å². The third-order valence-electron chi connectivity index (χ3n) is 0.959. The monoisotopic (exact) mass is 162 g/mol. The molecule has 0 aliphatic carbocycles. The van der Waals surface area contributed by atoms with Gasteiger partial charge < -0.3 is 14.9 Å². The standard InChI is InChI=1S/C7H14O4/c1-7(2,3)11-4-5(8)6(9)10/h5,8H,4H2,1-3H3,(H,9,10)/t5-/m0/s1. The Labute approximate surface area is 65.8 Å². The van der Waals surface area contributed by atoms with Gasteiger partial charge in [0.2, 0.25) is 0 Å². The van der Waals surface area contributed by atoms with E-state index in [-0.39, 0.29) is 6.61 Å². The van der Waals surface area contributed by atoms with Gasteiger partial charge in [0.05, 0.1) is 12.2 Å². The fraction of sp³-hybridized carbons (Fsp3) is 0.857. The van der Waals surface area contributed by atoms with E-state index in [1.807, 2.05) is 0 Å². The number of ether oxygens (including phenoxy) is 1. The molecule has 2 N–H and O–H groups in total. The predicted octanol–water partition coefficient (Wildman–Crippen LogP) is 0.247. The van der Waals surface area contributed by atoms with E-state index in [9.17, 15) is 4.79 Å². The number of rotatable bonds is 3. The smallest absolute Gasteiger partial charge is 0.334 e. The zero-order chi connectivity index (χ0) is 9.07. The summed E-state index contributed by atoms with van der Waals surface area (Å²) in [5, 5.41) is 17.0. The van der Waals surface area contributed by atoms with Crippen molar-refractivity contribution in [2.24, 2.45) is 0 Å². The van der Waals surface area contributed by atoms with E-state index >= 15 is 0 Å². The fourth-order valence-corrected chi connectivity index (χ4v) is 0.400. The molecular formula is C7H14O4. The Morgan fingerprint density at radius 3 is 2.27 bits per heavy atom. The highest BCUT2D eigenvalue weighted by atomic mass is 16.5. The molecule has 0 aromatic heterocycles. The summed E-state index contributed by atoms with van der Waals surface area (Å²) in [5.74, 6) is -1.26. The van der Waals surface area contributed by atoms with Crippen LogP contribution in [-0.4, -0.2) is 34.5 Å². The van der Waals surface area contributed by atoms with Gasteiger partial charge in [-0.05, 0) is 20.8 Å². The van der Waals surface area contributed by atoms with Crippen LogP contribution >= 0.6 is 0 Å². The first-order valence-electron chi connectivity index (χ1n) is 3.38. The Balaban J connectivity index is 3.63. The van der Waals surface area contributed by atoms with Gasteiger partial charge >= 0.3 is 5.97 Å². The molecule has 0 saturated heterocycles. The fourth-order valence-electron chi connectivity index (χ4n) is 0.400. The Morgan fingerprint density at radius 2 is 2.00 bits per heavy atom. The summed E-state index contributed by atoms with van der Waals surface area (Å²) in [7, 11) is 0. The molecule has 0 fully saturated rings. The van der Waals surface area contributed by atoms with Crippen molar-refractivity contribution < 1.29 is 19.7 Å². The van der Waals surface area contributed by atoms with Crippen molar-refractivity contribution >= 4 is 5.97 Å². The Bertz CT molecular complexity index is 136. The molecule has 0 rings (SSSR count). The highest BCUT2D eigenvalue weighted by molar-refractivity contribution is 5.71. The molecule has 4 heteroatoms. The summed E-state index contributed by atoms with van der Waals surface area (Å²) in [6.07, 6.45) is -1.42. The molecule has 0 spiro atoms. The molecule has 0 aliphatic heterocycles. The van der Waals surface area contributed by atoms with Crippen LogP contribution in [0.5, 0.6) is 0 Å². The lowest BCUT2D eigenvalue weighted by molar-refractivity contribution is -0.152. The number of carboxylic acid groups (broad SMARTS) is 1. The van der Waals surface area contributed by atoms with E-state index in [1.165, 1.54) is 0 Å². The zero-order valence-electron chi connectivity index (χ0n) is 7.00. The number of aliphatic hydroxyl groups is 1. The first-order chi connectivity index (χ1) is 4.83. The Hall–Kier alpha value is -0.610. The molecule has 0 aromatic rings. The van der Waals surface area contributed by atoms with Gasteiger partial charge in [-0.25, -0.2) is 4.79 Å². The average Bonchev–Trinajstić information content (AvgIpc) is 1.80. The number of hydrogen-bond acceptors (Lipinski definition) is 3. The minimum Gasteiger partial charge on any atom is -0.479 e. The van der Waals surface area contributed by atoms with E-state index in [2.05, 4.69) is 0 Å². The molecule has 0 heterocycles. The quantitative estimate of drug-likeness (QED) is 0.624. The molecule has 4 nitrogen and oxygen atoms in total. The molecule has 0 aromatic carbocycles. The van der Waals surface area contributed by atoms with Crippen LogP contribution < -0.4 is 0 Å². The summed E-state index contributed by atoms with van der Waals surface area (Å²) in [6, 6.07) is 0. The van der Waals surface area contributed by atoms with Gasteiger partial charge in [-0.2, -0.15) is 0 Å². The zero-order valence-corrected chi connectivity index (χ0v) is 7.00. The number of carboxylic acids is 1. The third kappa shape index (κ3) is 5.82. The largest absolute Gasteiger partial charge is 0.479 e. The normalized spacial score (nSPS) is 14.5. The Morgan fingerprint density at radius 1 is 1.55 bits per heavy atom. The second-order valence-electron chi connectivity index (χ2n) is 3.28. The second kappa shape index (κ2) is 3.69. The van der Waals surface area contributed by atoms with Gasteiger partial charge in [0, 0.05) is 0 Å². The average molecular weight is 162 g/mol. The van der Waals surface area contributed by atoms with Gasteiger partial charge in [-0.3, -0.25) is 0 Å². The van der Waals surface area contributed by atoms with Crippen LogP contribution in [0.1, 0.15) is 20.8 Å². The molecule has 0 aliphatic rings. The van der Waals surface area contributed by atoms with Crippen molar-refractivity contribution in [2.45, 2.75) is 32.5 Å². The summed E-state index contributed by atoms with van der Waals surface area (Å²) in [4.78, 5) is 10.1. The molecule has 0 amide bonds. The van der Waals surface area contributed by atoms with Crippen molar-refractivity contribution in [3.63, 3.8) is 0 Å². The topological polar surface area (TPSA) is 66.8 Å². The van der Waals surface area contributed by atoms with E-state index in [4.69, 9.17) is 14.9 Å². The summed E-state index contributed by atoms with van der Waals surface area (Å²) in [6.45, 7) is 5.21. The van der Waals surface area contributed by atoms with Crippen molar-refractivity contribution in [1.82, 2.24) is 0 Å². The molecule has 11 heavy (non-hydrogen) atoms. The molecule has 0 unspecified atom stereocenters. The van der Waals surface area contributed by atoms with E-state index in [0.717, 1.165) is 0 Å². The van der Waals surface area contributed by atoms with Gasteiger partial charge in [-0.15, -0.1) is 0 Å². The predicted molar refractivity (Wildman–Crippen MR) is 39.3 cm³/mol. The van der Waals surface area contributed by atoms with E-state index in [1.54, 1.807) is 20.8 Å². The summed E-state index contributed by atoms with van der Waals surface area (Å²) in [5.41, 5.74) is -0.406. The third-order valence-corrected chi connectivity index (χ3v) is 0.959. The van der Waals surface area contributed by atoms with Crippen LogP contribution in [0.25, 0.3) is 0 Å². The maximum absolute atomic E-state index is 10.1. The molecule has 0 bridgehead atoms. The van der Waals surface area contributed by atoms with Crippen LogP contribution in [0, 0.1) is 0 Å². The van der Waals surface area contributed by atoms with Crippen LogP contribution in [0.4, 0.5) is 0 Å². The van der Waals surface area contributed by atoms with Crippen molar-refractivity contribution in [3.05, 3.63) is 0 Å². The lowest BCUT2D eigenvalue weighted by atomic mass is 10.2. The van der Waals surface area contributed by atoms with Gasteiger partial charge in [-0.1, -0.05) is 0 Å². The highest BCUT2D eigenvalue weighted by Crippen LogP contribution is 2.06. The number of hydrogen-bond donors (Lipinski definition) is 2. The first-order valence-corrected chi connectivity index (χ1v) is 3.38. The minimum atomic E-state index is -1.42. The van der Waals surface area contributed by atoms with Crippen LogP contribution in [0.15, 0.2) is 0 Å². The number of aliphatic carboxylic acids is 1. The first kappa shape index (κ1) is 10.4. The second-order valence-corrected chi connectivity index (χ2v) is 3.28. The van der Waals surface area contributed by atoms with Gasteiger partial charge in [0.15, 0.2) is 6.10 Å². The molecular weight excluding hydrogens is 148 g/mol. The number of aliphatic hydroxyl groups excluding tert-OH is 1. The van der Waals surface area contributed by atoms with Crippen molar-refractivity contribution in [2.75, 3.05) is 6.61 Å². The van der Waals surface area contributed by atoms with Crippen molar-refractivity contribution in [3.8, 4) is 0 Å². The lowest BCUT2D eigenvalue weighted by Gasteiger charge is -2.20. The Kier molecular flexibility index (Phi) is 3.48. The van der Waals surface area contributed by atoms with Gasteiger partial charge in [0.25, 0.3) is 0 Å². The van der Waals surface area contributed by atoms with Crippen molar-refractivity contribution in [1.29, 1.82) is 0 Å². The lowest BCUT2D eigenvalue weighted by Crippen LogP contribution is -2.31. The molecule has 66 valence electrons. The van der Waals surface area contributed by atoms with E-state index in [0.29, 0.717) is 0 Å². The SMILES string of the molecule is CC(C)(C)OC[C@H](O)C(=O)O. The summed E-state index contributed by atoms with van der Waals surface area (Å²) < 4.78 is 5.02. The molecule has 0 radical (unpaired) electrons. The summed E-state index contributed by atoms with van der Waals surface area (Å²) >= 11 is 0. The molecule has 0 saturated carbocycles. The minimum absolute atomic E-state index is 0.168. The van der Waals surface area contributed by atoms with Gasteiger partial charge in [0.1, 0.15) is 0 Å². The van der Waals surface area contributed by atoms with Crippen LogP contribution in [-0.2, 0) is 9.53 Å². The maximum atomic E-state index is 10.1. The maximum Gasteiger partial charge on any atom is 0.334 e. The molecule has 1 atom stereocenters. The van der Waals surface area contributed by atoms with E-state index < -0.39 is 17.7 Å².